The minimum absolute atomic E-state index is 0.0334. The van der Waals surface area contributed by atoms with E-state index in [0.29, 0.717) is 18.9 Å². The average molecular weight is 250 g/mol. The van der Waals surface area contributed by atoms with Crippen molar-refractivity contribution < 1.29 is 9.21 Å². The van der Waals surface area contributed by atoms with E-state index in [1.165, 1.54) is 11.3 Å². The quantitative estimate of drug-likeness (QED) is 0.906. The molecule has 0 saturated heterocycles. The normalized spacial score (nSPS) is 10.5. The molecule has 1 N–H and O–H groups in total. The lowest BCUT2D eigenvalue weighted by Crippen LogP contribution is -2.24. The van der Waals surface area contributed by atoms with Gasteiger partial charge < -0.3 is 9.73 Å². The van der Waals surface area contributed by atoms with Crippen LogP contribution in [0.4, 0.5) is 0 Å². The zero-order chi connectivity index (χ0) is 12.3. The Morgan fingerprint density at radius 2 is 2.35 bits per heavy atom. The number of rotatable bonds is 4. The lowest BCUT2D eigenvalue weighted by molar-refractivity contribution is 0.0957. The van der Waals surface area contributed by atoms with Crippen molar-refractivity contribution in [3.63, 3.8) is 0 Å². The molecule has 4 nitrogen and oxygen atoms in total. The van der Waals surface area contributed by atoms with E-state index < -0.39 is 0 Å². The first-order valence-electron chi connectivity index (χ1n) is 5.41. The Labute approximate surface area is 104 Å². The fraction of sp³-hybridized carbons (Fsp3) is 0.333. The molecule has 0 spiro atoms. The Morgan fingerprint density at radius 1 is 1.53 bits per heavy atom. The minimum atomic E-state index is -0.0334. The number of nitrogens with zero attached hydrogens (tertiary/aromatic N) is 1. The summed E-state index contributed by atoms with van der Waals surface area (Å²) in [5, 5.41) is 4.74. The number of thiophene rings is 1. The van der Waals surface area contributed by atoms with Gasteiger partial charge in [-0.1, -0.05) is 6.07 Å². The van der Waals surface area contributed by atoms with Crippen molar-refractivity contribution in [1.29, 1.82) is 0 Å². The van der Waals surface area contributed by atoms with Crippen LogP contribution in [-0.4, -0.2) is 17.4 Å². The van der Waals surface area contributed by atoms with E-state index in [-0.39, 0.29) is 5.91 Å². The summed E-state index contributed by atoms with van der Waals surface area (Å²) in [6.45, 7) is 4.29. The Balaban J connectivity index is 1.84. The first-order chi connectivity index (χ1) is 8.16. The summed E-state index contributed by atoms with van der Waals surface area (Å²) in [5.74, 6) is 1.48. The molecular weight excluding hydrogens is 236 g/mol. The number of nitrogens with one attached hydrogen (secondary N) is 1. The van der Waals surface area contributed by atoms with Crippen molar-refractivity contribution in [2.24, 2.45) is 0 Å². The third-order valence-electron chi connectivity index (χ3n) is 2.38. The number of aromatic nitrogens is 1. The molecule has 2 heterocycles. The molecule has 0 aliphatic carbocycles. The van der Waals surface area contributed by atoms with Crippen molar-refractivity contribution in [2.45, 2.75) is 20.3 Å². The highest BCUT2D eigenvalue weighted by Crippen LogP contribution is 2.10. The summed E-state index contributed by atoms with van der Waals surface area (Å²) in [6.07, 6.45) is 0.670. The third kappa shape index (κ3) is 2.94. The van der Waals surface area contributed by atoms with Gasteiger partial charge in [0.25, 0.3) is 5.91 Å². The van der Waals surface area contributed by atoms with Crippen LogP contribution < -0.4 is 5.32 Å². The topological polar surface area (TPSA) is 55.1 Å². The fourth-order valence-electron chi connectivity index (χ4n) is 1.59. The molecule has 17 heavy (non-hydrogen) atoms. The second-order valence-corrected chi connectivity index (χ2v) is 4.67. The number of carbonyl (C=O) groups excluding carboxylic acids is 1. The number of hydrogen-bond donors (Lipinski definition) is 1. The predicted octanol–water partition coefficient (Wildman–Crippen LogP) is 2.33. The molecule has 90 valence electrons. The van der Waals surface area contributed by atoms with Crippen LogP contribution in [0.5, 0.6) is 0 Å². The number of hydrogen-bond acceptors (Lipinski definition) is 4. The molecule has 2 rings (SSSR count). The number of oxazole rings is 1. The molecule has 5 heteroatoms. The molecule has 0 aromatic carbocycles. The van der Waals surface area contributed by atoms with Crippen LogP contribution in [0.1, 0.15) is 27.0 Å². The van der Waals surface area contributed by atoms with Gasteiger partial charge in [-0.3, -0.25) is 4.79 Å². The van der Waals surface area contributed by atoms with E-state index in [1.54, 1.807) is 0 Å². The molecule has 0 aliphatic heterocycles. The van der Waals surface area contributed by atoms with Crippen LogP contribution in [-0.2, 0) is 6.42 Å². The molecule has 0 radical (unpaired) electrons. The van der Waals surface area contributed by atoms with Crippen molar-refractivity contribution in [2.75, 3.05) is 6.54 Å². The first-order valence-corrected chi connectivity index (χ1v) is 6.29. The van der Waals surface area contributed by atoms with E-state index >= 15 is 0 Å². The fourth-order valence-corrected chi connectivity index (χ4v) is 2.23. The van der Waals surface area contributed by atoms with Crippen molar-refractivity contribution in [1.82, 2.24) is 10.3 Å². The van der Waals surface area contributed by atoms with Crippen LogP contribution in [0.3, 0.4) is 0 Å². The predicted molar refractivity (Wildman–Crippen MR) is 66.3 cm³/mol. The summed E-state index contributed by atoms with van der Waals surface area (Å²) in [5.41, 5.74) is 0.896. The van der Waals surface area contributed by atoms with Gasteiger partial charge >= 0.3 is 0 Å². The van der Waals surface area contributed by atoms with E-state index in [9.17, 15) is 4.79 Å². The van der Waals surface area contributed by atoms with Gasteiger partial charge in [-0.05, 0) is 18.4 Å². The summed E-state index contributed by atoms with van der Waals surface area (Å²) in [4.78, 5) is 16.6. The van der Waals surface area contributed by atoms with Gasteiger partial charge in [0.05, 0.1) is 10.6 Å². The molecule has 1 amide bonds. The maximum absolute atomic E-state index is 11.6. The van der Waals surface area contributed by atoms with Gasteiger partial charge in [0, 0.05) is 19.9 Å². The van der Waals surface area contributed by atoms with Crippen molar-refractivity contribution >= 4 is 17.2 Å². The van der Waals surface area contributed by atoms with Crippen LogP contribution in [0.25, 0.3) is 0 Å². The number of aryl methyl sites for hydroxylation is 2. The zero-order valence-corrected chi connectivity index (χ0v) is 10.6. The molecule has 0 bridgehead atoms. The van der Waals surface area contributed by atoms with Gasteiger partial charge in [0.2, 0.25) is 0 Å². The molecule has 2 aromatic heterocycles. The highest BCUT2D eigenvalue weighted by molar-refractivity contribution is 7.12. The van der Waals surface area contributed by atoms with Gasteiger partial charge in [0.15, 0.2) is 5.89 Å². The maximum atomic E-state index is 11.6. The second kappa shape index (κ2) is 5.14. The summed E-state index contributed by atoms with van der Waals surface area (Å²) >= 11 is 1.44. The van der Waals surface area contributed by atoms with Crippen LogP contribution in [0.15, 0.2) is 21.9 Å². The summed E-state index contributed by atoms with van der Waals surface area (Å²) < 4.78 is 5.43. The van der Waals surface area contributed by atoms with Gasteiger partial charge in [-0.25, -0.2) is 4.98 Å². The Bertz CT molecular complexity index is 503. The van der Waals surface area contributed by atoms with Crippen LogP contribution >= 0.6 is 11.3 Å². The first kappa shape index (κ1) is 11.9. The summed E-state index contributed by atoms with van der Waals surface area (Å²) in [6, 6.07) is 3.67. The SMILES string of the molecule is Cc1nc(C)c(CCNC(=O)c2cccs2)o1. The van der Waals surface area contributed by atoms with Crippen molar-refractivity contribution in [3.05, 3.63) is 39.7 Å². The second-order valence-electron chi connectivity index (χ2n) is 3.72. The smallest absolute Gasteiger partial charge is 0.261 e. The average Bonchev–Trinajstić information content (AvgIpc) is 2.89. The Hall–Kier alpha value is -1.62. The van der Waals surface area contributed by atoms with Crippen molar-refractivity contribution in [3.8, 4) is 0 Å². The van der Waals surface area contributed by atoms with E-state index in [1.807, 2.05) is 31.4 Å². The van der Waals surface area contributed by atoms with Crippen LogP contribution in [0.2, 0.25) is 0 Å². The highest BCUT2D eigenvalue weighted by atomic mass is 32.1. The molecule has 0 saturated carbocycles. The monoisotopic (exact) mass is 250 g/mol. The van der Waals surface area contributed by atoms with Gasteiger partial charge in [-0.2, -0.15) is 0 Å². The van der Waals surface area contributed by atoms with Gasteiger partial charge in [-0.15, -0.1) is 11.3 Å². The molecule has 0 aliphatic rings. The molecule has 2 aromatic rings. The molecule has 0 unspecified atom stereocenters. The zero-order valence-electron chi connectivity index (χ0n) is 9.82. The highest BCUT2D eigenvalue weighted by Gasteiger charge is 2.08. The maximum Gasteiger partial charge on any atom is 0.261 e. The van der Waals surface area contributed by atoms with Crippen LogP contribution in [0, 0.1) is 13.8 Å². The minimum Gasteiger partial charge on any atom is -0.446 e. The molecule has 0 atom stereocenters. The summed E-state index contributed by atoms with van der Waals surface area (Å²) in [7, 11) is 0. The lowest BCUT2D eigenvalue weighted by atomic mass is 10.3. The largest absolute Gasteiger partial charge is 0.446 e. The third-order valence-corrected chi connectivity index (χ3v) is 3.25. The Morgan fingerprint density at radius 3 is 2.94 bits per heavy atom. The number of amides is 1. The molecule has 0 fully saturated rings. The lowest BCUT2D eigenvalue weighted by Gasteiger charge is -2.01. The Kier molecular flexibility index (Phi) is 3.58. The van der Waals surface area contributed by atoms with E-state index in [4.69, 9.17) is 4.42 Å². The van der Waals surface area contributed by atoms with E-state index in [2.05, 4.69) is 10.3 Å². The number of carbonyl (C=O) groups is 1. The van der Waals surface area contributed by atoms with Gasteiger partial charge in [0.1, 0.15) is 5.76 Å². The van der Waals surface area contributed by atoms with E-state index in [0.717, 1.165) is 16.3 Å². The standard InChI is InChI=1S/C12H14N2O2S/c1-8-10(16-9(2)14-8)5-6-13-12(15)11-4-3-7-17-11/h3-4,7H,5-6H2,1-2H3,(H,13,15). The molecular formula is C12H14N2O2S.